The van der Waals surface area contributed by atoms with E-state index in [4.69, 9.17) is 9.97 Å². The van der Waals surface area contributed by atoms with Crippen molar-refractivity contribution in [3.05, 3.63) is 47.4 Å². The molecule has 0 aliphatic carbocycles. The standard InChI is InChI=1S/C17H23N3S/c1-4-11-18-17-13(3)15(5-2)19-16(20-17)12-21-14-9-7-6-8-10-14/h6-10H,4-5,11-12H2,1-3H3,(H,18,19,20). The predicted octanol–water partition coefficient (Wildman–Crippen LogP) is 4.46. The van der Waals surface area contributed by atoms with E-state index in [1.807, 2.05) is 6.07 Å². The summed E-state index contributed by atoms with van der Waals surface area (Å²) in [5.74, 6) is 2.70. The SMILES string of the molecule is CCCNc1nc(CSc2ccccc2)nc(CC)c1C. The molecule has 0 aliphatic rings. The first kappa shape index (κ1) is 15.8. The van der Waals surface area contributed by atoms with E-state index in [0.29, 0.717) is 0 Å². The smallest absolute Gasteiger partial charge is 0.141 e. The third-order valence-electron chi connectivity index (χ3n) is 3.28. The Morgan fingerprint density at radius 3 is 2.52 bits per heavy atom. The second kappa shape index (κ2) is 8.03. The number of benzene rings is 1. The number of hydrogen-bond acceptors (Lipinski definition) is 4. The average molecular weight is 301 g/mol. The maximum absolute atomic E-state index is 4.70. The van der Waals surface area contributed by atoms with Gasteiger partial charge in [0.25, 0.3) is 0 Å². The fourth-order valence-electron chi connectivity index (χ4n) is 2.10. The van der Waals surface area contributed by atoms with Gasteiger partial charge in [0, 0.05) is 22.7 Å². The number of aryl methyl sites for hydroxylation is 1. The van der Waals surface area contributed by atoms with Crippen LogP contribution >= 0.6 is 11.8 Å². The van der Waals surface area contributed by atoms with Crippen LogP contribution in [0.5, 0.6) is 0 Å². The van der Waals surface area contributed by atoms with Crippen molar-refractivity contribution in [1.29, 1.82) is 0 Å². The van der Waals surface area contributed by atoms with Crippen molar-refractivity contribution in [3.8, 4) is 0 Å². The van der Waals surface area contributed by atoms with Crippen LogP contribution in [0.25, 0.3) is 0 Å². The molecule has 0 fully saturated rings. The highest BCUT2D eigenvalue weighted by Crippen LogP contribution is 2.23. The highest BCUT2D eigenvalue weighted by molar-refractivity contribution is 7.98. The van der Waals surface area contributed by atoms with Gasteiger partial charge in [-0.15, -0.1) is 11.8 Å². The molecule has 21 heavy (non-hydrogen) atoms. The Morgan fingerprint density at radius 1 is 1.10 bits per heavy atom. The molecular formula is C17H23N3S. The summed E-state index contributed by atoms with van der Waals surface area (Å²) < 4.78 is 0. The summed E-state index contributed by atoms with van der Waals surface area (Å²) in [5, 5.41) is 3.42. The van der Waals surface area contributed by atoms with Gasteiger partial charge in [-0.3, -0.25) is 0 Å². The molecular weight excluding hydrogens is 278 g/mol. The molecule has 0 unspecified atom stereocenters. The van der Waals surface area contributed by atoms with Crippen LogP contribution in [0.15, 0.2) is 35.2 Å². The summed E-state index contributed by atoms with van der Waals surface area (Å²) in [4.78, 5) is 10.6. The molecule has 0 amide bonds. The van der Waals surface area contributed by atoms with Gasteiger partial charge in [0.2, 0.25) is 0 Å². The van der Waals surface area contributed by atoms with E-state index in [2.05, 4.69) is 50.4 Å². The Kier molecular flexibility index (Phi) is 6.05. The third kappa shape index (κ3) is 4.46. The van der Waals surface area contributed by atoms with Crippen LogP contribution in [0.4, 0.5) is 5.82 Å². The number of rotatable bonds is 7. The summed E-state index contributed by atoms with van der Waals surface area (Å²) in [6.07, 6.45) is 2.04. The Hall–Kier alpha value is -1.55. The monoisotopic (exact) mass is 301 g/mol. The molecule has 2 rings (SSSR count). The molecule has 0 atom stereocenters. The Balaban J connectivity index is 2.14. The van der Waals surface area contributed by atoms with Crippen molar-refractivity contribution in [3.63, 3.8) is 0 Å². The molecule has 1 N–H and O–H groups in total. The third-order valence-corrected chi connectivity index (χ3v) is 4.29. The number of aromatic nitrogens is 2. The zero-order chi connectivity index (χ0) is 15.1. The lowest BCUT2D eigenvalue weighted by Crippen LogP contribution is -2.09. The fraction of sp³-hybridized carbons (Fsp3) is 0.412. The highest BCUT2D eigenvalue weighted by atomic mass is 32.2. The Labute approximate surface area is 131 Å². The summed E-state index contributed by atoms with van der Waals surface area (Å²) in [6, 6.07) is 10.4. The summed E-state index contributed by atoms with van der Waals surface area (Å²) >= 11 is 1.78. The highest BCUT2D eigenvalue weighted by Gasteiger charge is 2.09. The van der Waals surface area contributed by atoms with Crippen molar-refractivity contribution >= 4 is 17.6 Å². The number of hydrogen-bond donors (Lipinski definition) is 1. The van der Waals surface area contributed by atoms with Crippen molar-refractivity contribution < 1.29 is 0 Å². The second-order valence-electron chi connectivity index (χ2n) is 4.94. The van der Waals surface area contributed by atoms with E-state index in [1.165, 1.54) is 10.5 Å². The normalized spacial score (nSPS) is 10.6. The van der Waals surface area contributed by atoms with Gasteiger partial charge in [0.1, 0.15) is 11.6 Å². The molecule has 0 bridgehead atoms. The first-order valence-corrected chi connectivity index (χ1v) is 8.51. The number of anilines is 1. The molecule has 1 aromatic heterocycles. The fourth-order valence-corrected chi connectivity index (χ4v) is 2.88. The quantitative estimate of drug-likeness (QED) is 0.766. The van der Waals surface area contributed by atoms with Gasteiger partial charge in [0.15, 0.2) is 0 Å². The van der Waals surface area contributed by atoms with E-state index >= 15 is 0 Å². The van der Waals surface area contributed by atoms with E-state index in [9.17, 15) is 0 Å². The second-order valence-corrected chi connectivity index (χ2v) is 5.99. The topological polar surface area (TPSA) is 37.8 Å². The summed E-state index contributed by atoms with van der Waals surface area (Å²) in [5.41, 5.74) is 2.33. The first-order chi connectivity index (χ1) is 10.2. The lowest BCUT2D eigenvalue weighted by molar-refractivity contribution is 0.899. The van der Waals surface area contributed by atoms with Crippen LogP contribution in [-0.2, 0) is 12.2 Å². The Bertz CT molecular complexity index is 570. The summed E-state index contributed by atoms with van der Waals surface area (Å²) in [6.45, 7) is 7.36. The lowest BCUT2D eigenvalue weighted by Gasteiger charge is -2.13. The Morgan fingerprint density at radius 2 is 1.86 bits per heavy atom. The lowest BCUT2D eigenvalue weighted by atomic mass is 10.2. The first-order valence-electron chi connectivity index (χ1n) is 7.52. The van der Waals surface area contributed by atoms with Crippen LogP contribution in [-0.4, -0.2) is 16.5 Å². The molecule has 4 heteroatoms. The number of nitrogens with one attached hydrogen (secondary N) is 1. The van der Waals surface area contributed by atoms with Gasteiger partial charge in [-0.2, -0.15) is 0 Å². The van der Waals surface area contributed by atoms with E-state index in [1.54, 1.807) is 11.8 Å². The molecule has 0 saturated heterocycles. The van der Waals surface area contributed by atoms with E-state index in [-0.39, 0.29) is 0 Å². The van der Waals surface area contributed by atoms with Crippen LogP contribution in [0, 0.1) is 6.92 Å². The van der Waals surface area contributed by atoms with Gasteiger partial charge < -0.3 is 5.32 Å². The van der Waals surface area contributed by atoms with Crippen LogP contribution in [0.2, 0.25) is 0 Å². The maximum Gasteiger partial charge on any atom is 0.141 e. The van der Waals surface area contributed by atoms with Gasteiger partial charge in [-0.1, -0.05) is 32.0 Å². The number of nitrogens with zero attached hydrogens (tertiary/aromatic N) is 2. The molecule has 1 aromatic carbocycles. The van der Waals surface area contributed by atoms with Crippen LogP contribution in [0.3, 0.4) is 0 Å². The molecule has 1 heterocycles. The van der Waals surface area contributed by atoms with Crippen LogP contribution < -0.4 is 5.32 Å². The predicted molar refractivity (Wildman–Crippen MR) is 90.9 cm³/mol. The molecule has 0 aliphatic heterocycles. The minimum atomic E-state index is 0.804. The number of thioether (sulfide) groups is 1. The molecule has 0 radical (unpaired) electrons. The van der Waals surface area contributed by atoms with Crippen molar-refractivity contribution in [2.45, 2.75) is 44.3 Å². The zero-order valence-electron chi connectivity index (χ0n) is 13.0. The van der Waals surface area contributed by atoms with E-state index < -0.39 is 0 Å². The summed E-state index contributed by atoms with van der Waals surface area (Å²) in [7, 11) is 0. The van der Waals surface area contributed by atoms with Crippen molar-refractivity contribution in [2.75, 3.05) is 11.9 Å². The molecule has 3 nitrogen and oxygen atoms in total. The molecule has 2 aromatic rings. The minimum absolute atomic E-state index is 0.804. The van der Waals surface area contributed by atoms with Crippen molar-refractivity contribution in [2.24, 2.45) is 0 Å². The van der Waals surface area contributed by atoms with Gasteiger partial charge in [-0.25, -0.2) is 9.97 Å². The molecule has 0 saturated carbocycles. The zero-order valence-corrected chi connectivity index (χ0v) is 13.8. The van der Waals surface area contributed by atoms with Gasteiger partial charge in [0.05, 0.1) is 5.75 Å². The van der Waals surface area contributed by atoms with E-state index in [0.717, 1.165) is 42.5 Å². The largest absolute Gasteiger partial charge is 0.370 e. The van der Waals surface area contributed by atoms with Crippen LogP contribution in [0.1, 0.15) is 37.4 Å². The average Bonchev–Trinajstić information content (AvgIpc) is 2.53. The van der Waals surface area contributed by atoms with Gasteiger partial charge in [-0.05, 0) is 31.9 Å². The van der Waals surface area contributed by atoms with Crippen molar-refractivity contribution in [1.82, 2.24) is 9.97 Å². The molecule has 112 valence electrons. The maximum atomic E-state index is 4.70. The minimum Gasteiger partial charge on any atom is -0.370 e. The van der Waals surface area contributed by atoms with Gasteiger partial charge >= 0.3 is 0 Å². The molecule has 0 spiro atoms.